The van der Waals surface area contributed by atoms with Crippen molar-refractivity contribution in [2.75, 3.05) is 0 Å². The molecular formula is H7AlClNaSn. The van der Waals surface area contributed by atoms with Crippen molar-refractivity contribution >= 4 is 49.3 Å². The Morgan fingerprint density at radius 2 is 1.50 bits per heavy atom. The van der Waals surface area contributed by atoms with Crippen LogP contribution in [0.25, 0.3) is 0 Å². The van der Waals surface area contributed by atoms with Crippen molar-refractivity contribution in [3.63, 3.8) is 0 Å². The Morgan fingerprint density at radius 3 is 1.50 bits per heavy atom. The molecular weight excluding hydrogens is 204 g/mol. The van der Waals surface area contributed by atoms with E-state index in [2.05, 4.69) is 0 Å². The average Bonchev–Trinajstić information content (AvgIpc) is 1.00. The van der Waals surface area contributed by atoms with Gasteiger partial charge < -0.3 is 1.43 Å². The van der Waals surface area contributed by atoms with Crippen LogP contribution in [-0.4, -0.2) is 39.3 Å². The van der Waals surface area contributed by atoms with Gasteiger partial charge in [0.2, 0.25) is 0 Å². The molecule has 0 unspecified atom stereocenters. The Balaban J connectivity index is -0.00000000167. The van der Waals surface area contributed by atoms with Crippen molar-refractivity contribution in [2.24, 2.45) is 0 Å². The predicted octanol–water partition coefficient (Wildman–Crippen LogP) is -4.56. The number of hydrogen-bond acceptors (Lipinski definition) is 0. The first-order valence-corrected chi connectivity index (χ1v) is 3.40. The van der Waals surface area contributed by atoms with E-state index >= 15 is 0 Å². The summed E-state index contributed by atoms with van der Waals surface area (Å²) in [6.07, 6.45) is 0. The van der Waals surface area contributed by atoms with E-state index in [4.69, 9.17) is 10.0 Å². The topological polar surface area (TPSA) is 0 Å². The molecule has 0 atom stereocenters. The molecule has 0 aliphatic carbocycles. The van der Waals surface area contributed by atoms with Gasteiger partial charge in [-0.2, -0.15) is 0 Å². The molecule has 22 valence electrons. The third-order valence-electron chi connectivity index (χ3n) is 0. The summed E-state index contributed by atoms with van der Waals surface area (Å²) in [5.74, 6) is 0. The van der Waals surface area contributed by atoms with Gasteiger partial charge in [-0.1, -0.05) is 0 Å². The molecule has 0 aliphatic rings. The summed E-state index contributed by atoms with van der Waals surface area (Å²) < 4.78 is 0. The van der Waals surface area contributed by atoms with Crippen molar-refractivity contribution < 1.29 is 31.0 Å². The molecule has 0 rings (SSSR count). The van der Waals surface area contributed by atoms with Gasteiger partial charge in [-0.3, -0.25) is 10.0 Å². The van der Waals surface area contributed by atoms with Crippen LogP contribution in [0.1, 0.15) is 1.43 Å². The maximum atomic E-state index is 4.78. The van der Waals surface area contributed by atoms with Gasteiger partial charge in [-0.15, -0.1) is 0 Å². The summed E-state index contributed by atoms with van der Waals surface area (Å²) in [6, 6.07) is 0. The van der Waals surface area contributed by atoms with Gasteiger partial charge >= 0.3 is 68.8 Å². The summed E-state index contributed by atoms with van der Waals surface area (Å²) in [5.41, 5.74) is 0. The zero-order valence-electron chi connectivity index (χ0n) is 3.38. The molecule has 0 saturated heterocycles. The van der Waals surface area contributed by atoms with Crippen molar-refractivity contribution in [3.05, 3.63) is 0 Å². The van der Waals surface area contributed by atoms with E-state index in [9.17, 15) is 0 Å². The third-order valence-corrected chi connectivity index (χ3v) is 0. The second-order valence-electron chi connectivity index (χ2n) is 0. The van der Waals surface area contributed by atoms with Crippen LogP contribution >= 0.6 is 10.0 Å². The molecule has 0 amide bonds. The molecule has 0 nitrogen and oxygen atoms in total. The minimum absolute atomic E-state index is 0. The van der Waals surface area contributed by atoms with Gasteiger partial charge in [0.25, 0.3) is 0 Å². The Kier molecular flexibility index (Phi) is 69.7. The van der Waals surface area contributed by atoms with Gasteiger partial charge in [0.15, 0.2) is 0 Å². The second kappa shape index (κ2) is 17.5. The molecule has 0 aromatic rings. The molecule has 0 bridgehead atoms. The van der Waals surface area contributed by atoms with Crippen LogP contribution < -0.4 is 29.6 Å². The standard InChI is InChI=1S/Al.ClH.Na.Sn.7H/h;1H;;;;;;;;;/q+1;;+1;;;;;;;;-1/p-1. The molecule has 0 saturated carbocycles. The molecule has 0 radical (unpaired) electrons. The Bertz CT molecular complexity index is 11.6. The van der Waals surface area contributed by atoms with Crippen LogP contribution in [0.3, 0.4) is 0 Å². The van der Waals surface area contributed by atoms with Crippen molar-refractivity contribution in [2.45, 2.75) is 0 Å². The third kappa shape index (κ3) is 8.82. The fourth-order valence-electron chi connectivity index (χ4n) is 0. The SMILES string of the molecule is [AlH2][Cl].[H-].[Na+].[SnH4]. The molecule has 0 aromatic heterocycles. The van der Waals surface area contributed by atoms with E-state index in [-0.39, 0.29) is 54.9 Å². The van der Waals surface area contributed by atoms with E-state index in [1.165, 1.54) is 0 Å². The maximum absolute atomic E-state index is 4.78. The summed E-state index contributed by atoms with van der Waals surface area (Å²) >= 11 is 0.778. The molecule has 0 heterocycles. The van der Waals surface area contributed by atoms with Crippen LogP contribution in [0.15, 0.2) is 0 Å². The number of hydrogen-bond donors (Lipinski definition) is 0. The van der Waals surface area contributed by atoms with E-state index in [0.29, 0.717) is 0 Å². The van der Waals surface area contributed by atoms with Gasteiger partial charge in [0.05, 0.1) is 0 Å². The zero-order valence-corrected chi connectivity index (χ0v) is 7.13. The normalized spacial score (nSPS) is 1.25. The molecule has 0 fully saturated rings. The number of rotatable bonds is 0. The quantitative estimate of drug-likeness (QED) is 0.354. The fraction of sp³-hybridized carbons (Fsp3) is 0. The molecule has 4 heteroatoms. The minimum atomic E-state index is 0. The first-order chi connectivity index (χ1) is 1.00. The summed E-state index contributed by atoms with van der Waals surface area (Å²) in [5, 5.41) is 0. The van der Waals surface area contributed by atoms with Gasteiger partial charge in [0.1, 0.15) is 0 Å². The van der Waals surface area contributed by atoms with Crippen LogP contribution in [0, 0.1) is 0 Å². The van der Waals surface area contributed by atoms with Gasteiger partial charge in [-0.25, -0.2) is 0 Å². The van der Waals surface area contributed by atoms with Crippen LogP contribution in [-0.2, 0) is 0 Å². The van der Waals surface area contributed by atoms with E-state index in [1.807, 2.05) is 0 Å². The summed E-state index contributed by atoms with van der Waals surface area (Å²) in [4.78, 5) is 0. The molecule has 0 spiro atoms. The molecule has 0 aliphatic heterocycles. The van der Waals surface area contributed by atoms with E-state index < -0.39 is 0 Å². The van der Waals surface area contributed by atoms with E-state index in [0.717, 1.165) is 15.4 Å². The first kappa shape index (κ1) is 16.0. The van der Waals surface area contributed by atoms with E-state index in [1.54, 1.807) is 0 Å². The zero-order chi connectivity index (χ0) is 2.00. The fourth-order valence-corrected chi connectivity index (χ4v) is 0. The number of halogens is 1. The summed E-state index contributed by atoms with van der Waals surface area (Å²) in [6.45, 7) is 0. The van der Waals surface area contributed by atoms with Crippen molar-refractivity contribution in [1.82, 2.24) is 0 Å². The molecule has 0 aromatic carbocycles. The predicted molar refractivity (Wildman–Crippen MR) is 26.8 cm³/mol. The van der Waals surface area contributed by atoms with Crippen LogP contribution in [0.2, 0.25) is 0 Å². The Morgan fingerprint density at radius 1 is 1.50 bits per heavy atom. The Labute approximate surface area is 79.0 Å². The summed E-state index contributed by atoms with van der Waals surface area (Å²) in [7, 11) is 4.78. The van der Waals surface area contributed by atoms with Crippen LogP contribution in [0.4, 0.5) is 0 Å². The molecule has 0 N–H and O–H groups in total. The van der Waals surface area contributed by atoms with Gasteiger partial charge in [0, 0.05) is 0 Å². The second-order valence-corrected chi connectivity index (χ2v) is 0. The monoisotopic (exact) mass is 212 g/mol. The Hall–Kier alpha value is 2.62. The molecule has 4 heavy (non-hydrogen) atoms. The van der Waals surface area contributed by atoms with Crippen molar-refractivity contribution in [1.29, 1.82) is 0 Å². The first-order valence-electron chi connectivity index (χ1n) is 0.378. The van der Waals surface area contributed by atoms with Gasteiger partial charge in [-0.05, 0) is 0 Å². The van der Waals surface area contributed by atoms with Crippen LogP contribution in [0.5, 0.6) is 0 Å². The average molecular weight is 211 g/mol. The van der Waals surface area contributed by atoms with Crippen molar-refractivity contribution in [3.8, 4) is 0 Å².